The first-order chi connectivity index (χ1) is 16.6. The predicted molar refractivity (Wildman–Crippen MR) is 124 cm³/mol. The molecular formula is C21H20N8O4S. The summed E-state index contributed by atoms with van der Waals surface area (Å²) in [5.74, 6) is 1.13. The molecule has 4 aromatic rings. The number of nitrogen functional groups attached to an aromatic ring is 1. The highest BCUT2D eigenvalue weighted by Gasteiger charge is 2.24. The van der Waals surface area contributed by atoms with Gasteiger partial charge < -0.3 is 15.2 Å². The van der Waals surface area contributed by atoms with Crippen LogP contribution in [0.15, 0.2) is 63.2 Å². The van der Waals surface area contributed by atoms with Gasteiger partial charge in [0.1, 0.15) is 11.5 Å². The molecule has 0 fully saturated rings. The lowest BCUT2D eigenvalue weighted by molar-refractivity contribution is 0.0949. The van der Waals surface area contributed by atoms with Gasteiger partial charge in [0, 0.05) is 16.2 Å². The number of carbonyl (C=O) groups excluding carboxylic acids is 1. The molecule has 2 aromatic heterocycles. The number of amides is 1. The third-order valence-corrected chi connectivity index (χ3v) is 5.62. The van der Waals surface area contributed by atoms with Gasteiger partial charge in [-0.15, -0.1) is 16.9 Å². The minimum absolute atomic E-state index is 0.0194. The average molecular weight is 481 g/mol. The quantitative estimate of drug-likeness (QED) is 0.207. The lowest BCUT2D eigenvalue weighted by Crippen LogP contribution is -2.20. The van der Waals surface area contributed by atoms with E-state index in [9.17, 15) is 4.79 Å². The lowest BCUT2D eigenvalue weighted by atomic mass is 10.2. The number of hydrogen-bond acceptors (Lipinski definition) is 11. The summed E-state index contributed by atoms with van der Waals surface area (Å²) < 4.78 is 16.5. The molecule has 12 nitrogen and oxygen atoms in total. The number of nitrogens with zero attached hydrogens (tertiary/aromatic N) is 6. The first kappa shape index (κ1) is 22.8. The normalized spacial score (nSPS) is 11.0. The Morgan fingerprint density at radius 3 is 2.74 bits per heavy atom. The van der Waals surface area contributed by atoms with E-state index in [1.165, 1.54) is 29.8 Å². The predicted octanol–water partition coefficient (Wildman–Crippen LogP) is 2.31. The summed E-state index contributed by atoms with van der Waals surface area (Å²) in [6, 6.07) is 14.9. The SMILES string of the molecule is COc1ccc(OC)c(/C=N/NC(=O)c2nnn(-c3nonc3N)c2CSc2ccccc2)c1. The van der Waals surface area contributed by atoms with Gasteiger partial charge in [-0.25, -0.2) is 10.1 Å². The van der Waals surface area contributed by atoms with E-state index >= 15 is 0 Å². The molecule has 0 saturated heterocycles. The molecule has 0 bridgehead atoms. The van der Waals surface area contributed by atoms with E-state index in [2.05, 4.69) is 35.8 Å². The van der Waals surface area contributed by atoms with Crippen LogP contribution in [0, 0.1) is 0 Å². The second kappa shape index (κ2) is 10.5. The number of anilines is 1. The van der Waals surface area contributed by atoms with Crippen molar-refractivity contribution in [3.05, 3.63) is 65.5 Å². The fourth-order valence-corrected chi connectivity index (χ4v) is 3.85. The van der Waals surface area contributed by atoms with Crippen molar-refractivity contribution in [2.45, 2.75) is 10.6 Å². The van der Waals surface area contributed by atoms with Crippen molar-refractivity contribution in [3.63, 3.8) is 0 Å². The summed E-state index contributed by atoms with van der Waals surface area (Å²) in [6.45, 7) is 0. The van der Waals surface area contributed by atoms with Gasteiger partial charge in [-0.05, 0) is 40.6 Å². The fraction of sp³-hybridized carbons (Fsp3) is 0.143. The van der Waals surface area contributed by atoms with Gasteiger partial charge in [-0.3, -0.25) is 4.79 Å². The van der Waals surface area contributed by atoms with Crippen LogP contribution in [0.1, 0.15) is 21.7 Å². The minimum Gasteiger partial charge on any atom is -0.497 e. The van der Waals surface area contributed by atoms with Gasteiger partial charge in [0.2, 0.25) is 11.6 Å². The van der Waals surface area contributed by atoms with Crippen molar-refractivity contribution in [2.24, 2.45) is 5.10 Å². The van der Waals surface area contributed by atoms with Crippen LogP contribution in [0.5, 0.6) is 11.5 Å². The number of aromatic nitrogens is 5. The maximum absolute atomic E-state index is 12.9. The molecule has 0 aliphatic heterocycles. The molecule has 0 spiro atoms. The van der Waals surface area contributed by atoms with Crippen LogP contribution >= 0.6 is 11.8 Å². The van der Waals surface area contributed by atoms with Crippen LogP contribution in [-0.4, -0.2) is 51.6 Å². The van der Waals surface area contributed by atoms with Crippen LogP contribution in [0.4, 0.5) is 5.82 Å². The highest BCUT2D eigenvalue weighted by Crippen LogP contribution is 2.26. The number of hydrogen-bond donors (Lipinski definition) is 2. The summed E-state index contributed by atoms with van der Waals surface area (Å²) in [5.41, 5.74) is 9.41. The van der Waals surface area contributed by atoms with Crippen molar-refractivity contribution in [2.75, 3.05) is 20.0 Å². The zero-order chi connectivity index (χ0) is 23.9. The van der Waals surface area contributed by atoms with Crippen LogP contribution in [0.2, 0.25) is 0 Å². The Kier molecular flexibility index (Phi) is 7.03. The minimum atomic E-state index is -0.567. The van der Waals surface area contributed by atoms with Crippen molar-refractivity contribution in [1.82, 2.24) is 30.7 Å². The Bertz CT molecular complexity index is 1310. The summed E-state index contributed by atoms with van der Waals surface area (Å²) in [7, 11) is 3.09. The third kappa shape index (κ3) is 4.99. The van der Waals surface area contributed by atoms with Gasteiger partial charge in [-0.2, -0.15) is 9.78 Å². The van der Waals surface area contributed by atoms with Crippen molar-refractivity contribution in [3.8, 4) is 17.3 Å². The van der Waals surface area contributed by atoms with E-state index < -0.39 is 5.91 Å². The molecule has 174 valence electrons. The van der Waals surface area contributed by atoms with Crippen molar-refractivity contribution >= 4 is 29.7 Å². The number of rotatable bonds is 9. The molecule has 4 rings (SSSR count). The number of methoxy groups -OCH3 is 2. The number of nitrogens with two attached hydrogens (primary N) is 1. The standard InChI is InChI=1S/C21H20N8O4S/c1-31-14-8-9-17(32-2)13(10-14)11-23-25-21(30)18-16(12-34-15-6-4-3-5-7-15)29(28-24-18)20-19(22)26-33-27-20/h3-11H,12H2,1-2H3,(H2,22,26)(H,25,30)/b23-11+. The van der Waals surface area contributed by atoms with Crippen LogP contribution in [-0.2, 0) is 5.75 Å². The number of benzene rings is 2. The van der Waals surface area contributed by atoms with Gasteiger partial charge >= 0.3 is 0 Å². The molecule has 0 saturated carbocycles. The molecule has 0 atom stereocenters. The van der Waals surface area contributed by atoms with E-state index in [4.69, 9.17) is 15.2 Å². The highest BCUT2D eigenvalue weighted by atomic mass is 32.2. The van der Waals surface area contributed by atoms with Crippen LogP contribution < -0.4 is 20.6 Å². The number of nitrogens with one attached hydrogen (secondary N) is 1. The number of thioether (sulfide) groups is 1. The Hall–Kier alpha value is -4.39. The zero-order valence-electron chi connectivity index (χ0n) is 18.2. The number of hydrazone groups is 1. The second-order valence-corrected chi connectivity index (χ2v) is 7.73. The van der Waals surface area contributed by atoms with Gasteiger partial charge in [0.05, 0.1) is 26.1 Å². The maximum atomic E-state index is 12.9. The number of ether oxygens (including phenoxy) is 2. The van der Waals surface area contributed by atoms with Crippen molar-refractivity contribution in [1.29, 1.82) is 0 Å². The molecule has 0 aliphatic rings. The molecule has 3 N–H and O–H groups in total. The zero-order valence-corrected chi connectivity index (χ0v) is 19.0. The van der Waals surface area contributed by atoms with Crippen LogP contribution in [0.3, 0.4) is 0 Å². The number of carbonyl (C=O) groups is 1. The Morgan fingerprint density at radius 1 is 1.21 bits per heavy atom. The summed E-state index contributed by atoms with van der Waals surface area (Å²) in [5, 5.41) is 19.4. The topological polar surface area (TPSA) is 156 Å². The molecule has 0 radical (unpaired) electrons. The highest BCUT2D eigenvalue weighted by molar-refractivity contribution is 7.98. The van der Waals surface area contributed by atoms with Crippen molar-refractivity contribution < 1.29 is 18.9 Å². The van der Waals surface area contributed by atoms with E-state index in [1.54, 1.807) is 25.3 Å². The van der Waals surface area contributed by atoms with Crippen LogP contribution in [0.25, 0.3) is 5.82 Å². The second-order valence-electron chi connectivity index (χ2n) is 6.68. The Balaban J connectivity index is 1.58. The molecule has 1 amide bonds. The summed E-state index contributed by atoms with van der Waals surface area (Å²) in [4.78, 5) is 13.9. The molecule has 2 aromatic carbocycles. The molecule has 34 heavy (non-hydrogen) atoms. The molecule has 13 heteroatoms. The molecule has 2 heterocycles. The molecule has 0 unspecified atom stereocenters. The third-order valence-electron chi connectivity index (χ3n) is 4.60. The average Bonchev–Trinajstić information content (AvgIpc) is 3.48. The van der Waals surface area contributed by atoms with E-state index in [0.717, 1.165) is 4.90 Å². The summed E-state index contributed by atoms with van der Waals surface area (Å²) >= 11 is 1.49. The largest absolute Gasteiger partial charge is 0.497 e. The maximum Gasteiger partial charge on any atom is 0.293 e. The van der Waals surface area contributed by atoms with E-state index in [-0.39, 0.29) is 17.3 Å². The first-order valence-electron chi connectivity index (χ1n) is 9.87. The summed E-state index contributed by atoms with van der Waals surface area (Å²) in [6.07, 6.45) is 1.45. The molecule has 0 aliphatic carbocycles. The van der Waals surface area contributed by atoms with E-state index in [1.807, 2.05) is 30.3 Å². The fourth-order valence-electron chi connectivity index (χ4n) is 2.94. The lowest BCUT2D eigenvalue weighted by Gasteiger charge is -2.07. The first-order valence-corrected chi connectivity index (χ1v) is 10.9. The van der Waals surface area contributed by atoms with Gasteiger partial charge in [-0.1, -0.05) is 23.4 Å². The van der Waals surface area contributed by atoms with E-state index in [0.29, 0.717) is 28.5 Å². The monoisotopic (exact) mass is 480 g/mol. The van der Waals surface area contributed by atoms with Gasteiger partial charge in [0.15, 0.2) is 5.69 Å². The van der Waals surface area contributed by atoms with Gasteiger partial charge in [0.25, 0.3) is 5.91 Å². The smallest absolute Gasteiger partial charge is 0.293 e. The Labute approximate surface area is 198 Å². The molecular weight excluding hydrogens is 460 g/mol. The Morgan fingerprint density at radius 2 is 2.03 bits per heavy atom.